The number of amides is 1. The van der Waals surface area contributed by atoms with Gasteiger partial charge in [0, 0.05) is 49.7 Å². The van der Waals surface area contributed by atoms with E-state index in [1.807, 2.05) is 30.3 Å². The molecule has 0 spiro atoms. The number of rotatable bonds is 6. The SMILES string of the molecule is NS(=O)(=O)c1ccc(C(=O)Nc2ccc(N3CCN(Cc4ccccc4)CC3)cc2)cc1. The van der Waals surface area contributed by atoms with Gasteiger partial charge < -0.3 is 10.2 Å². The molecule has 8 heteroatoms. The van der Waals surface area contributed by atoms with E-state index in [2.05, 4.69) is 39.4 Å². The van der Waals surface area contributed by atoms with E-state index in [9.17, 15) is 13.2 Å². The summed E-state index contributed by atoms with van der Waals surface area (Å²) in [5.41, 5.74) is 3.49. The number of hydrogen-bond donors (Lipinski definition) is 2. The van der Waals surface area contributed by atoms with E-state index in [0.29, 0.717) is 11.3 Å². The fourth-order valence-electron chi connectivity index (χ4n) is 3.76. The molecule has 1 heterocycles. The Labute approximate surface area is 188 Å². The Kier molecular flexibility index (Phi) is 6.55. The Hall–Kier alpha value is -3.20. The van der Waals surface area contributed by atoms with Crippen molar-refractivity contribution < 1.29 is 13.2 Å². The lowest BCUT2D eigenvalue weighted by Gasteiger charge is -2.36. The van der Waals surface area contributed by atoms with Crippen LogP contribution >= 0.6 is 0 Å². The van der Waals surface area contributed by atoms with Crippen molar-refractivity contribution >= 4 is 27.3 Å². The molecule has 32 heavy (non-hydrogen) atoms. The topological polar surface area (TPSA) is 95.7 Å². The van der Waals surface area contributed by atoms with Gasteiger partial charge in [-0.3, -0.25) is 9.69 Å². The van der Waals surface area contributed by atoms with Gasteiger partial charge in [-0.2, -0.15) is 0 Å². The second-order valence-corrected chi connectivity index (χ2v) is 9.38. The van der Waals surface area contributed by atoms with Gasteiger partial charge >= 0.3 is 0 Å². The maximum absolute atomic E-state index is 12.4. The zero-order chi connectivity index (χ0) is 22.6. The van der Waals surface area contributed by atoms with Crippen molar-refractivity contribution in [2.75, 3.05) is 36.4 Å². The van der Waals surface area contributed by atoms with Crippen LogP contribution in [-0.2, 0) is 16.6 Å². The Bertz CT molecular complexity index is 1160. The van der Waals surface area contributed by atoms with Crippen LogP contribution in [0.1, 0.15) is 15.9 Å². The minimum Gasteiger partial charge on any atom is -0.369 e. The maximum Gasteiger partial charge on any atom is 0.255 e. The Balaban J connectivity index is 1.31. The molecule has 0 saturated carbocycles. The summed E-state index contributed by atoms with van der Waals surface area (Å²) in [7, 11) is -3.78. The molecular weight excluding hydrogens is 424 g/mol. The molecule has 166 valence electrons. The quantitative estimate of drug-likeness (QED) is 0.602. The van der Waals surface area contributed by atoms with Crippen LogP contribution < -0.4 is 15.4 Å². The Morgan fingerprint density at radius 1 is 0.844 bits per heavy atom. The van der Waals surface area contributed by atoms with Crippen molar-refractivity contribution in [3.05, 3.63) is 90.0 Å². The number of nitrogens with one attached hydrogen (secondary N) is 1. The second kappa shape index (κ2) is 9.52. The normalized spacial score (nSPS) is 14.8. The fourth-order valence-corrected chi connectivity index (χ4v) is 4.28. The third-order valence-corrected chi connectivity index (χ3v) is 6.49. The highest BCUT2D eigenvalue weighted by Crippen LogP contribution is 2.21. The van der Waals surface area contributed by atoms with Gasteiger partial charge in [-0.25, -0.2) is 13.6 Å². The third-order valence-electron chi connectivity index (χ3n) is 5.56. The van der Waals surface area contributed by atoms with Crippen molar-refractivity contribution in [3.8, 4) is 0 Å². The van der Waals surface area contributed by atoms with Crippen molar-refractivity contribution in [1.82, 2.24) is 4.90 Å². The number of benzene rings is 3. The first-order valence-electron chi connectivity index (χ1n) is 10.4. The number of primary sulfonamides is 1. The summed E-state index contributed by atoms with van der Waals surface area (Å²) in [5.74, 6) is -0.312. The van der Waals surface area contributed by atoms with E-state index in [1.54, 1.807) is 0 Å². The first-order chi connectivity index (χ1) is 15.4. The van der Waals surface area contributed by atoms with Crippen LogP contribution in [0.4, 0.5) is 11.4 Å². The van der Waals surface area contributed by atoms with Gasteiger partial charge in [0.25, 0.3) is 5.91 Å². The van der Waals surface area contributed by atoms with Crippen LogP contribution in [-0.4, -0.2) is 45.4 Å². The molecule has 1 saturated heterocycles. The molecule has 3 aromatic rings. The number of nitrogens with two attached hydrogens (primary N) is 1. The number of anilines is 2. The molecule has 0 aliphatic carbocycles. The van der Waals surface area contributed by atoms with Crippen molar-refractivity contribution in [2.45, 2.75) is 11.4 Å². The van der Waals surface area contributed by atoms with Gasteiger partial charge in [0.2, 0.25) is 10.0 Å². The van der Waals surface area contributed by atoms with Crippen LogP contribution in [0, 0.1) is 0 Å². The zero-order valence-corrected chi connectivity index (χ0v) is 18.5. The summed E-state index contributed by atoms with van der Waals surface area (Å²) in [6, 6.07) is 23.8. The van der Waals surface area contributed by atoms with Crippen LogP contribution in [0.3, 0.4) is 0 Å². The highest BCUT2D eigenvalue weighted by molar-refractivity contribution is 7.89. The van der Waals surface area contributed by atoms with Crippen molar-refractivity contribution in [1.29, 1.82) is 0 Å². The zero-order valence-electron chi connectivity index (χ0n) is 17.6. The first kappa shape index (κ1) is 22.0. The molecule has 4 rings (SSSR count). The average molecular weight is 451 g/mol. The summed E-state index contributed by atoms with van der Waals surface area (Å²) in [4.78, 5) is 17.2. The minimum atomic E-state index is -3.78. The number of carbonyl (C=O) groups excluding carboxylic acids is 1. The van der Waals surface area contributed by atoms with Crippen molar-refractivity contribution in [3.63, 3.8) is 0 Å². The van der Waals surface area contributed by atoms with Crippen LogP contribution in [0.2, 0.25) is 0 Å². The number of sulfonamides is 1. The Morgan fingerprint density at radius 2 is 1.47 bits per heavy atom. The summed E-state index contributed by atoms with van der Waals surface area (Å²) in [6.45, 7) is 4.88. The average Bonchev–Trinajstić information content (AvgIpc) is 2.80. The molecule has 1 aliphatic heterocycles. The molecular formula is C24H26N4O3S. The summed E-state index contributed by atoms with van der Waals surface area (Å²) >= 11 is 0. The third kappa shape index (κ3) is 5.53. The lowest BCUT2D eigenvalue weighted by atomic mass is 10.2. The van der Waals surface area contributed by atoms with Crippen LogP contribution in [0.5, 0.6) is 0 Å². The minimum absolute atomic E-state index is 0.0257. The lowest BCUT2D eigenvalue weighted by Crippen LogP contribution is -2.45. The van der Waals surface area contributed by atoms with E-state index in [1.165, 1.54) is 29.8 Å². The molecule has 1 fully saturated rings. The number of carbonyl (C=O) groups is 1. The van der Waals surface area contributed by atoms with Gasteiger partial charge in [0.05, 0.1) is 4.90 Å². The predicted molar refractivity (Wildman–Crippen MR) is 126 cm³/mol. The molecule has 1 aliphatic rings. The standard InChI is InChI=1S/C24H26N4O3S/c25-32(30,31)23-12-6-20(7-13-23)24(29)26-21-8-10-22(11-9-21)28-16-14-27(15-17-28)18-19-4-2-1-3-5-19/h1-13H,14-18H2,(H,26,29)(H2,25,30,31). The lowest BCUT2D eigenvalue weighted by molar-refractivity contribution is 0.102. The van der Waals surface area contributed by atoms with Crippen LogP contribution in [0.15, 0.2) is 83.8 Å². The Morgan fingerprint density at radius 3 is 2.06 bits per heavy atom. The predicted octanol–water partition coefficient (Wildman–Crippen LogP) is 2.91. The molecule has 0 unspecified atom stereocenters. The monoisotopic (exact) mass is 450 g/mol. The van der Waals surface area contributed by atoms with E-state index in [-0.39, 0.29) is 10.8 Å². The molecule has 0 bridgehead atoms. The maximum atomic E-state index is 12.4. The number of nitrogens with zero attached hydrogens (tertiary/aromatic N) is 2. The molecule has 3 N–H and O–H groups in total. The highest BCUT2D eigenvalue weighted by Gasteiger charge is 2.17. The molecule has 0 atom stereocenters. The molecule has 0 radical (unpaired) electrons. The van der Waals surface area contributed by atoms with E-state index >= 15 is 0 Å². The van der Waals surface area contributed by atoms with E-state index in [0.717, 1.165) is 38.4 Å². The fraction of sp³-hybridized carbons (Fsp3) is 0.208. The van der Waals surface area contributed by atoms with Crippen molar-refractivity contribution in [2.24, 2.45) is 5.14 Å². The first-order valence-corrected chi connectivity index (χ1v) is 12.0. The molecule has 1 amide bonds. The molecule has 7 nitrogen and oxygen atoms in total. The van der Waals surface area contributed by atoms with E-state index in [4.69, 9.17) is 5.14 Å². The van der Waals surface area contributed by atoms with Gasteiger partial charge in [0.1, 0.15) is 0 Å². The number of hydrogen-bond acceptors (Lipinski definition) is 5. The highest BCUT2D eigenvalue weighted by atomic mass is 32.2. The van der Waals surface area contributed by atoms with Gasteiger partial charge in [-0.1, -0.05) is 30.3 Å². The van der Waals surface area contributed by atoms with Gasteiger partial charge in [-0.15, -0.1) is 0 Å². The van der Waals surface area contributed by atoms with Gasteiger partial charge in [0.15, 0.2) is 0 Å². The molecule has 0 aromatic heterocycles. The smallest absolute Gasteiger partial charge is 0.255 e. The largest absolute Gasteiger partial charge is 0.369 e. The van der Waals surface area contributed by atoms with Crippen LogP contribution in [0.25, 0.3) is 0 Å². The number of piperazine rings is 1. The summed E-state index contributed by atoms with van der Waals surface area (Å²) < 4.78 is 22.7. The second-order valence-electron chi connectivity index (χ2n) is 7.82. The van der Waals surface area contributed by atoms with E-state index < -0.39 is 10.0 Å². The summed E-state index contributed by atoms with van der Waals surface area (Å²) in [6.07, 6.45) is 0. The van der Waals surface area contributed by atoms with Gasteiger partial charge in [-0.05, 0) is 54.1 Å². The molecule has 3 aromatic carbocycles. The summed E-state index contributed by atoms with van der Waals surface area (Å²) in [5, 5.41) is 7.92.